The molecule has 1 atom stereocenters. The number of ether oxygens (including phenoxy) is 4. The molecule has 0 bridgehead atoms. The Kier molecular flexibility index (Phi) is 6.48. The Balaban J connectivity index is 1.10. The van der Waals surface area contributed by atoms with Gasteiger partial charge in [0.15, 0.2) is 23.0 Å². The van der Waals surface area contributed by atoms with E-state index in [9.17, 15) is 4.79 Å². The molecule has 7 rings (SSSR count). The van der Waals surface area contributed by atoms with Crippen molar-refractivity contribution in [3.05, 3.63) is 83.0 Å². The standard InChI is InChI=1S/C32H33N3O5/c1-2-22-5-3-6-23-26(17-33-31(22)23)25(24-7-4-8-28-32(24)40-20-38-28)16-30(36)35-13-11-34(12-14-35)18-21-9-10-27-29(15-21)39-19-37-27/h3-10,15,17,25,33H,2,11-14,16,18-20H2,1H3/t25-/m0/s1. The molecule has 0 saturated carbocycles. The van der Waals surface area contributed by atoms with Gasteiger partial charge >= 0.3 is 0 Å². The first kappa shape index (κ1) is 24.8. The van der Waals surface area contributed by atoms with Crippen molar-refractivity contribution in [2.24, 2.45) is 0 Å². The van der Waals surface area contributed by atoms with E-state index in [0.717, 1.165) is 71.1 Å². The molecule has 3 aromatic carbocycles. The van der Waals surface area contributed by atoms with Crippen molar-refractivity contribution in [1.29, 1.82) is 0 Å². The highest BCUT2D eigenvalue weighted by Gasteiger charge is 2.31. The molecule has 0 unspecified atom stereocenters. The van der Waals surface area contributed by atoms with Crippen LogP contribution in [0.2, 0.25) is 0 Å². The summed E-state index contributed by atoms with van der Waals surface area (Å²) in [5.41, 5.74) is 5.70. The Bertz CT molecular complexity index is 1560. The number of benzene rings is 3. The highest BCUT2D eigenvalue weighted by atomic mass is 16.7. The minimum absolute atomic E-state index is 0.156. The van der Waals surface area contributed by atoms with Crippen LogP contribution in [-0.2, 0) is 17.8 Å². The summed E-state index contributed by atoms with van der Waals surface area (Å²) in [5, 5.41) is 1.15. The van der Waals surface area contributed by atoms with Crippen molar-refractivity contribution < 1.29 is 23.7 Å². The number of H-pyrrole nitrogens is 1. The minimum Gasteiger partial charge on any atom is -0.454 e. The molecule has 0 spiro atoms. The normalized spacial score (nSPS) is 17.0. The summed E-state index contributed by atoms with van der Waals surface area (Å²) in [7, 11) is 0. The molecule has 1 N–H and O–H groups in total. The van der Waals surface area contributed by atoms with Gasteiger partial charge in [-0.2, -0.15) is 0 Å². The maximum Gasteiger partial charge on any atom is 0.231 e. The predicted octanol–water partition coefficient (Wildman–Crippen LogP) is 5.05. The van der Waals surface area contributed by atoms with Gasteiger partial charge in [-0.3, -0.25) is 9.69 Å². The number of carbonyl (C=O) groups excluding carboxylic acids is 1. The molecule has 0 radical (unpaired) electrons. The van der Waals surface area contributed by atoms with Gasteiger partial charge in [0.05, 0.1) is 0 Å². The predicted molar refractivity (Wildman–Crippen MR) is 151 cm³/mol. The second-order valence-corrected chi connectivity index (χ2v) is 10.6. The van der Waals surface area contributed by atoms with Gasteiger partial charge in [-0.15, -0.1) is 0 Å². The topological polar surface area (TPSA) is 76.3 Å². The molecule has 206 valence electrons. The lowest BCUT2D eigenvalue weighted by Crippen LogP contribution is -2.48. The van der Waals surface area contributed by atoms with Crippen LogP contribution >= 0.6 is 0 Å². The molecule has 40 heavy (non-hydrogen) atoms. The van der Waals surface area contributed by atoms with E-state index < -0.39 is 0 Å². The lowest BCUT2D eigenvalue weighted by molar-refractivity contribution is -0.133. The van der Waals surface area contributed by atoms with Crippen LogP contribution in [0.3, 0.4) is 0 Å². The summed E-state index contributed by atoms with van der Waals surface area (Å²) < 4.78 is 22.6. The van der Waals surface area contributed by atoms with Crippen molar-refractivity contribution in [2.45, 2.75) is 32.2 Å². The van der Waals surface area contributed by atoms with Gasteiger partial charge in [0.1, 0.15) is 0 Å². The molecule has 1 aromatic heterocycles. The SMILES string of the molecule is CCc1cccc2c([C@@H](CC(=O)N3CCN(Cc4ccc5c(c4)OCO5)CC3)c3cccc4c3OCO4)c[nH]c12. The van der Waals surface area contributed by atoms with Gasteiger partial charge in [-0.05, 0) is 41.3 Å². The number of nitrogens with one attached hydrogen (secondary N) is 1. The number of aromatic nitrogens is 1. The molecule has 1 fully saturated rings. The number of hydrogen-bond donors (Lipinski definition) is 1. The third kappa shape index (κ3) is 4.52. The zero-order chi connectivity index (χ0) is 27.1. The molecule has 1 saturated heterocycles. The molecular weight excluding hydrogens is 506 g/mol. The second kappa shape index (κ2) is 10.4. The lowest BCUT2D eigenvalue weighted by atomic mass is 9.86. The molecule has 4 aromatic rings. The first-order chi connectivity index (χ1) is 19.7. The molecule has 3 aliphatic heterocycles. The van der Waals surface area contributed by atoms with Crippen LogP contribution in [-0.4, -0.2) is 60.5 Å². The highest BCUT2D eigenvalue weighted by Crippen LogP contribution is 2.44. The molecule has 1 amide bonds. The number of amides is 1. The maximum absolute atomic E-state index is 13.8. The Morgan fingerprint density at radius 2 is 1.68 bits per heavy atom. The van der Waals surface area contributed by atoms with Gasteiger partial charge in [-0.1, -0.05) is 43.3 Å². The molecular formula is C32H33N3O5. The van der Waals surface area contributed by atoms with Gasteiger partial charge in [-0.25, -0.2) is 0 Å². The van der Waals surface area contributed by atoms with Gasteiger partial charge < -0.3 is 28.8 Å². The van der Waals surface area contributed by atoms with E-state index in [2.05, 4.69) is 59.4 Å². The fraction of sp³-hybridized carbons (Fsp3) is 0.344. The number of aryl methyl sites for hydroxylation is 1. The van der Waals surface area contributed by atoms with Gasteiger partial charge in [0, 0.05) is 67.7 Å². The number of aromatic amines is 1. The van der Waals surface area contributed by atoms with Crippen LogP contribution in [0, 0.1) is 0 Å². The fourth-order valence-electron chi connectivity index (χ4n) is 6.19. The molecule has 3 aliphatic rings. The maximum atomic E-state index is 13.8. The van der Waals surface area contributed by atoms with Gasteiger partial charge in [0.2, 0.25) is 19.5 Å². The number of rotatable bonds is 7. The number of carbonyl (C=O) groups is 1. The van der Waals surface area contributed by atoms with Crippen molar-refractivity contribution in [3.63, 3.8) is 0 Å². The summed E-state index contributed by atoms with van der Waals surface area (Å²) in [6, 6.07) is 18.5. The fourth-order valence-corrected chi connectivity index (χ4v) is 6.19. The molecule has 8 nitrogen and oxygen atoms in total. The quantitative estimate of drug-likeness (QED) is 0.354. The second-order valence-electron chi connectivity index (χ2n) is 10.6. The first-order valence-electron chi connectivity index (χ1n) is 14.0. The van der Waals surface area contributed by atoms with Crippen LogP contribution in [0.15, 0.2) is 60.8 Å². The monoisotopic (exact) mass is 539 g/mol. The number of nitrogens with zero attached hydrogens (tertiary/aromatic N) is 2. The van der Waals surface area contributed by atoms with Crippen LogP contribution in [0.25, 0.3) is 10.9 Å². The average Bonchev–Trinajstić information content (AvgIpc) is 3.75. The van der Waals surface area contributed by atoms with E-state index in [1.807, 2.05) is 23.1 Å². The van der Waals surface area contributed by atoms with Crippen molar-refractivity contribution in [2.75, 3.05) is 39.8 Å². The van der Waals surface area contributed by atoms with Crippen LogP contribution in [0.1, 0.15) is 41.5 Å². The Morgan fingerprint density at radius 1 is 0.875 bits per heavy atom. The van der Waals surface area contributed by atoms with Gasteiger partial charge in [0.25, 0.3) is 0 Å². The zero-order valence-electron chi connectivity index (χ0n) is 22.7. The average molecular weight is 540 g/mol. The Hall–Kier alpha value is -4.17. The number of para-hydroxylation sites is 2. The Morgan fingerprint density at radius 3 is 2.55 bits per heavy atom. The molecule has 4 heterocycles. The van der Waals surface area contributed by atoms with E-state index in [0.29, 0.717) is 19.5 Å². The third-order valence-corrected chi connectivity index (χ3v) is 8.34. The Labute approximate surface area is 233 Å². The zero-order valence-corrected chi connectivity index (χ0v) is 22.7. The van der Waals surface area contributed by atoms with Crippen molar-refractivity contribution in [1.82, 2.24) is 14.8 Å². The molecule has 8 heteroatoms. The smallest absolute Gasteiger partial charge is 0.231 e. The third-order valence-electron chi connectivity index (χ3n) is 8.34. The van der Waals surface area contributed by atoms with Crippen LogP contribution < -0.4 is 18.9 Å². The number of hydrogen-bond acceptors (Lipinski definition) is 6. The van der Waals surface area contributed by atoms with E-state index >= 15 is 0 Å². The molecule has 0 aliphatic carbocycles. The van der Waals surface area contributed by atoms with E-state index in [1.165, 1.54) is 11.1 Å². The minimum atomic E-state index is -0.156. The first-order valence-corrected chi connectivity index (χ1v) is 14.0. The summed E-state index contributed by atoms with van der Waals surface area (Å²) >= 11 is 0. The number of piperazine rings is 1. The summed E-state index contributed by atoms with van der Waals surface area (Å²) in [4.78, 5) is 21.7. The largest absolute Gasteiger partial charge is 0.454 e. The number of fused-ring (bicyclic) bond motifs is 3. The van der Waals surface area contributed by atoms with E-state index in [-0.39, 0.29) is 25.4 Å². The van der Waals surface area contributed by atoms with Crippen molar-refractivity contribution >= 4 is 16.8 Å². The summed E-state index contributed by atoms with van der Waals surface area (Å²) in [6.07, 6.45) is 3.38. The van der Waals surface area contributed by atoms with Crippen LogP contribution in [0.4, 0.5) is 0 Å². The lowest BCUT2D eigenvalue weighted by Gasteiger charge is -2.35. The van der Waals surface area contributed by atoms with Crippen molar-refractivity contribution in [3.8, 4) is 23.0 Å². The van der Waals surface area contributed by atoms with Crippen LogP contribution in [0.5, 0.6) is 23.0 Å². The summed E-state index contributed by atoms with van der Waals surface area (Å²) in [5.74, 6) is 3.09. The van der Waals surface area contributed by atoms with E-state index in [4.69, 9.17) is 18.9 Å². The summed E-state index contributed by atoms with van der Waals surface area (Å²) in [6.45, 7) is 6.54. The van der Waals surface area contributed by atoms with E-state index in [1.54, 1.807) is 0 Å². The highest BCUT2D eigenvalue weighted by molar-refractivity contribution is 5.88.